The zero-order chi connectivity index (χ0) is 13.1. The lowest BCUT2D eigenvalue weighted by atomic mass is 10.2. The second-order valence-electron chi connectivity index (χ2n) is 3.33. The number of allylic oxidation sites excluding steroid dienone is 1. The van der Waals surface area contributed by atoms with Crippen LogP contribution >= 0.6 is 22.9 Å². The van der Waals surface area contributed by atoms with Crippen LogP contribution in [0.15, 0.2) is 5.38 Å². The molecule has 0 aliphatic heterocycles. The van der Waals surface area contributed by atoms with E-state index in [-0.39, 0.29) is 11.3 Å². The summed E-state index contributed by atoms with van der Waals surface area (Å²) in [7, 11) is 5.24. The zero-order valence-electron chi connectivity index (χ0n) is 9.67. The van der Waals surface area contributed by atoms with Crippen LogP contribution in [0.1, 0.15) is 21.5 Å². The van der Waals surface area contributed by atoms with Gasteiger partial charge in [-0.05, 0) is 25.4 Å². The Balaban J connectivity index is 2.56. The SMILES string of the molecule is [B]OC(=C(C#N)c1csc(C)n1)c1nc(C)ns1. The van der Waals surface area contributed by atoms with Crippen LogP contribution in [0.2, 0.25) is 0 Å². The molecule has 0 saturated carbocycles. The number of aryl methyl sites for hydroxylation is 2. The highest BCUT2D eigenvalue weighted by Crippen LogP contribution is 2.28. The summed E-state index contributed by atoms with van der Waals surface area (Å²) < 4.78 is 8.83. The molecule has 0 aromatic carbocycles. The molecule has 88 valence electrons. The van der Waals surface area contributed by atoms with Gasteiger partial charge in [0.2, 0.25) is 0 Å². The molecule has 5 nitrogen and oxygen atoms in total. The summed E-state index contributed by atoms with van der Waals surface area (Å²) in [4.78, 5) is 8.39. The van der Waals surface area contributed by atoms with E-state index in [1.165, 1.54) is 11.3 Å². The number of hydrogen-bond acceptors (Lipinski definition) is 7. The molecule has 0 spiro atoms. The van der Waals surface area contributed by atoms with Gasteiger partial charge in [0.15, 0.2) is 10.8 Å². The highest BCUT2D eigenvalue weighted by Gasteiger charge is 2.17. The molecule has 0 atom stereocenters. The molecule has 0 N–H and O–H groups in total. The van der Waals surface area contributed by atoms with Crippen LogP contribution in [-0.2, 0) is 4.65 Å². The van der Waals surface area contributed by atoms with E-state index < -0.39 is 0 Å². The van der Waals surface area contributed by atoms with Crippen molar-refractivity contribution in [1.29, 1.82) is 5.26 Å². The maximum atomic E-state index is 9.24. The third-order valence-electron chi connectivity index (χ3n) is 2.05. The first-order valence-electron chi connectivity index (χ1n) is 4.90. The van der Waals surface area contributed by atoms with Crippen LogP contribution in [0.5, 0.6) is 0 Å². The highest BCUT2D eigenvalue weighted by atomic mass is 32.1. The summed E-state index contributed by atoms with van der Waals surface area (Å²) in [5.74, 6) is 0.810. The van der Waals surface area contributed by atoms with Gasteiger partial charge in [0.05, 0.1) is 10.7 Å². The lowest BCUT2D eigenvalue weighted by Crippen LogP contribution is -1.94. The van der Waals surface area contributed by atoms with Crippen LogP contribution in [0, 0.1) is 25.2 Å². The van der Waals surface area contributed by atoms with Crippen molar-refractivity contribution in [3.05, 3.63) is 26.9 Å². The number of aromatic nitrogens is 3. The summed E-state index contributed by atoms with van der Waals surface area (Å²) in [6, 6.07) is 2.05. The number of rotatable bonds is 3. The van der Waals surface area contributed by atoms with Crippen LogP contribution < -0.4 is 0 Å². The number of nitrogens with zero attached hydrogens (tertiary/aromatic N) is 4. The van der Waals surface area contributed by atoms with Crippen molar-refractivity contribution in [3.63, 3.8) is 0 Å². The molecule has 0 amide bonds. The topological polar surface area (TPSA) is 71.7 Å². The Kier molecular flexibility index (Phi) is 3.74. The van der Waals surface area contributed by atoms with E-state index in [9.17, 15) is 5.26 Å². The Morgan fingerprint density at radius 2 is 2.22 bits per heavy atom. The van der Waals surface area contributed by atoms with Gasteiger partial charge in [-0.3, -0.25) is 0 Å². The van der Waals surface area contributed by atoms with Crippen molar-refractivity contribution in [2.75, 3.05) is 0 Å². The Morgan fingerprint density at radius 1 is 1.44 bits per heavy atom. The predicted molar refractivity (Wildman–Crippen MR) is 70.8 cm³/mol. The van der Waals surface area contributed by atoms with E-state index in [1.807, 2.05) is 13.0 Å². The Morgan fingerprint density at radius 3 is 2.67 bits per heavy atom. The first-order chi connectivity index (χ1) is 8.65. The van der Waals surface area contributed by atoms with Crippen molar-refractivity contribution in [2.45, 2.75) is 13.8 Å². The van der Waals surface area contributed by atoms with Gasteiger partial charge in [-0.25, -0.2) is 9.97 Å². The molecule has 2 aromatic rings. The maximum absolute atomic E-state index is 9.24. The summed E-state index contributed by atoms with van der Waals surface area (Å²) in [6.07, 6.45) is 0. The van der Waals surface area contributed by atoms with Gasteiger partial charge in [-0.1, -0.05) is 0 Å². The molecular weight excluding hydrogens is 267 g/mol. The van der Waals surface area contributed by atoms with Crippen molar-refractivity contribution >= 4 is 42.3 Å². The van der Waals surface area contributed by atoms with Gasteiger partial charge in [0, 0.05) is 5.38 Å². The van der Waals surface area contributed by atoms with Crippen molar-refractivity contribution in [2.24, 2.45) is 0 Å². The normalized spacial score (nSPS) is 11.8. The van der Waals surface area contributed by atoms with Crippen LogP contribution in [0.25, 0.3) is 11.3 Å². The quantitative estimate of drug-likeness (QED) is 0.487. The minimum Gasteiger partial charge on any atom is -0.565 e. The van der Waals surface area contributed by atoms with Gasteiger partial charge in [-0.15, -0.1) is 11.3 Å². The first kappa shape index (κ1) is 12.7. The Bertz CT molecular complexity index is 640. The van der Waals surface area contributed by atoms with E-state index in [2.05, 4.69) is 14.3 Å². The molecule has 0 unspecified atom stereocenters. The first-order valence-corrected chi connectivity index (χ1v) is 6.55. The monoisotopic (exact) mass is 274 g/mol. The van der Waals surface area contributed by atoms with E-state index in [0.29, 0.717) is 16.5 Å². The van der Waals surface area contributed by atoms with Crippen molar-refractivity contribution < 1.29 is 4.65 Å². The Hall–Kier alpha value is -1.72. The largest absolute Gasteiger partial charge is 0.565 e. The van der Waals surface area contributed by atoms with E-state index in [0.717, 1.165) is 16.5 Å². The van der Waals surface area contributed by atoms with Crippen molar-refractivity contribution in [3.8, 4) is 6.07 Å². The average molecular weight is 274 g/mol. The molecule has 0 aliphatic rings. The van der Waals surface area contributed by atoms with E-state index in [1.54, 1.807) is 12.3 Å². The van der Waals surface area contributed by atoms with E-state index in [4.69, 9.17) is 12.7 Å². The predicted octanol–water partition coefficient (Wildman–Crippen LogP) is 2.10. The third-order valence-corrected chi connectivity index (χ3v) is 3.63. The fourth-order valence-corrected chi connectivity index (χ4v) is 2.58. The zero-order valence-corrected chi connectivity index (χ0v) is 11.3. The number of thiazole rings is 1. The molecule has 0 bridgehead atoms. The second kappa shape index (κ2) is 5.29. The molecule has 2 radical (unpaired) electrons. The summed E-state index contributed by atoms with van der Waals surface area (Å²) in [5, 5.41) is 12.3. The van der Waals surface area contributed by atoms with Crippen LogP contribution in [0.4, 0.5) is 0 Å². The smallest absolute Gasteiger partial charge is 0.374 e. The molecule has 0 aliphatic carbocycles. The fourth-order valence-electron chi connectivity index (χ4n) is 1.31. The van der Waals surface area contributed by atoms with Crippen LogP contribution in [0.3, 0.4) is 0 Å². The summed E-state index contributed by atoms with van der Waals surface area (Å²) >= 11 is 2.58. The third kappa shape index (κ3) is 2.42. The molecule has 8 heteroatoms. The van der Waals surface area contributed by atoms with Crippen molar-refractivity contribution in [1.82, 2.24) is 14.3 Å². The minimum atomic E-state index is 0.202. The van der Waals surface area contributed by atoms with Gasteiger partial charge < -0.3 is 4.65 Å². The maximum Gasteiger partial charge on any atom is 0.374 e. The lowest BCUT2D eigenvalue weighted by molar-refractivity contribution is 0.573. The van der Waals surface area contributed by atoms with Crippen LogP contribution in [-0.4, -0.2) is 22.4 Å². The molecule has 0 saturated heterocycles. The number of hydrogen-bond donors (Lipinski definition) is 0. The minimum absolute atomic E-state index is 0.202. The van der Waals surface area contributed by atoms with Gasteiger partial charge in [0.25, 0.3) is 0 Å². The van der Waals surface area contributed by atoms with Gasteiger partial charge in [-0.2, -0.15) is 9.64 Å². The molecule has 2 heterocycles. The molecular formula is C10H7BN4OS2. The second-order valence-corrected chi connectivity index (χ2v) is 5.15. The summed E-state index contributed by atoms with van der Waals surface area (Å²) in [6.45, 7) is 3.62. The molecule has 0 fully saturated rings. The average Bonchev–Trinajstić information content (AvgIpc) is 2.95. The molecule has 18 heavy (non-hydrogen) atoms. The summed E-state index contributed by atoms with van der Waals surface area (Å²) in [5.41, 5.74) is 0.798. The number of nitriles is 1. The molecule has 2 rings (SSSR count). The van der Waals surface area contributed by atoms with E-state index >= 15 is 0 Å². The molecule has 2 aromatic heterocycles. The highest BCUT2D eigenvalue weighted by molar-refractivity contribution is 7.09. The lowest BCUT2D eigenvalue weighted by Gasteiger charge is -2.04. The van der Waals surface area contributed by atoms with Gasteiger partial charge >= 0.3 is 8.05 Å². The fraction of sp³-hybridized carbons (Fsp3) is 0.200. The Labute approximate surface area is 113 Å². The standard InChI is InChI=1S/C10H7BN4OS2/c1-5-13-10(18-15-5)9(16-11)7(3-12)8-4-17-6(2)14-8/h4H,1-2H3. The van der Waals surface area contributed by atoms with Gasteiger partial charge in [0.1, 0.15) is 17.5 Å².